The Labute approximate surface area is 111 Å². The Kier molecular flexibility index (Phi) is 3.66. The summed E-state index contributed by atoms with van der Waals surface area (Å²) in [6.45, 7) is 0. The maximum absolute atomic E-state index is 12.1. The Balaban J connectivity index is 2.16. The van der Waals surface area contributed by atoms with E-state index < -0.39 is 12.6 Å². The van der Waals surface area contributed by atoms with Crippen LogP contribution in [0.2, 0.25) is 5.02 Å². The zero-order chi connectivity index (χ0) is 14.0. The van der Waals surface area contributed by atoms with Crippen LogP contribution >= 0.6 is 11.6 Å². The smallest absolute Gasteiger partial charge is 0.389 e. The summed E-state index contributed by atoms with van der Waals surface area (Å²) in [5.74, 6) is 0.0630. The van der Waals surface area contributed by atoms with E-state index in [1.54, 1.807) is 12.1 Å². The van der Waals surface area contributed by atoms with Crippen LogP contribution in [-0.2, 0) is 6.42 Å². The van der Waals surface area contributed by atoms with Crippen molar-refractivity contribution in [2.24, 2.45) is 0 Å². The molecule has 2 aromatic rings. The lowest BCUT2D eigenvalue weighted by Gasteiger charge is -2.02. The molecule has 19 heavy (non-hydrogen) atoms. The summed E-state index contributed by atoms with van der Waals surface area (Å²) in [5.41, 5.74) is 6.47. The molecule has 1 aromatic heterocycles. The molecule has 0 fully saturated rings. The highest BCUT2D eigenvalue weighted by Crippen LogP contribution is 2.28. The second-order valence-corrected chi connectivity index (χ2v) is 4.30. The second-order valence-electron chi connectivity index (χ2n) is 3.86. The third-order valence-electron chi connectivity index (χ3n) is 2.34. The van der Waals surface area contributed by atoms with E-state index in [2.05, 4.69) is 10.1 Å². The third-order valence-corrected chi connectivity index (χ3v) is 2.58. The summed E-state index contributed by atoms with van der Waals surface area (Å²) in [5, 5.41) is 3.93. The molecule has 1 heterocycles. The summed E-state index contributed by atoms with van der Waals surface area (Å²) in [6.07, 6.45) is -5.58. The molecule has 0 aliphatic carbocycles. The average Bonchev–Trinajstić information content (AvgIpc) is 2.74. The highest BCUT2D eigenvalue weighted by atomic mass is 35.5. The molecular formula is C11H9ClF3N3O. The first-order valence-electron chi connectivity index (χ1n) is 5.30. The number of nitrogens with zero attached hydrogens (tertiary/aromatic N) is 2. The highest BCUT2D eigenvalue weighted by molar-refractivity contribution is 6.31. The van der Waals surface area contributed by atoms with Crippen LogP contribution in [0, 0.1) is 0 Å². The summed E-state index contributed by atoms with van der Waals surface area (Å²) < 4.78 is 41.1. The Hall–Kier alpha value is -1.76. The minimum absolute atomic E-state index is 0.0123. The number of hydrogen-bond donors (Lipinski definition) is 1. The van der Waals surface area contributed by atoms with Gasteiger partial charge in [-0.25, -0.2) is 0 Å². The number of aryl methyl sites for hydroxylation is 1. The molecule has 0 bridgehead atoms. The van der Waals surface area contributed by atoms with E-state index in [4.69, 9.17) is 21.9 Å². The minimum atomic E-state index is -4.25. The van der Waals surface area contributed by atoms with Gasteiger partial charge in [0.25, 0.3) is 5.89 Å². The van der Waals surface area contributed by atoms with Gasteiger partial charge in [-0.15, -0.1) is 0 Å². The fourth-order valence-electron chi connectivity index (χ4n) is 1.45. The summed E-state index contributed by atoms with van der Waals surface area (Å²) in [6, 6.07) is 4.64. The molecule has 0 spiro atoms. The van der Waals surface area contributed by atoms with Gasteiger partial charge in [-0.2, -0.15) is 18.2 Å². The number of rotatable bonds is 3. The van der Waals surface area contributed by atoms with Crippen LogP contribution in [0.15, 0.2) is 22.7 Å². The Morgan fingerprint density at radius 3 is 2.68 bits per heavy atom. The molecule has 0 aliphatic heterocycles. The van der Waals surface area contributed by atoms with Crippen molar-refractivity contribution >= 4 is 17.3 Å². The first-order valence-corrected chi connectivity index (χ1v) is 5.68. The first-order chi connectivity index (χ1) is 8.85. The van der Waals surface area contributed by atoms with Crippen molar-refractivity contribution in [1.82, 2.24) is 10.1 Å². The standard InChI is InChI=1S/C11H9ClF3N3O/c12-6-1-2-7(8(16)5-6)10-17-9(18-19-10)3-4-11(13,14)15/h1-2,5H,3-4,16H2. The average molecular weight is 292 g/mol. The van der Waals surface area contributed by atoms with Crippen molar-refractivity contribution in [3.63, 3.8) is 0 Å². The maximum Gasteiger partial charge on any atom is 0.389 e. The number of aromatic nitrogens is 2. The SMILES string of the molecule is Nc1cc(Cl)ccc1-c1nc(CCC(F)(F)F)no1. The van der Waals surface area contributed by atoms with E-state index in [9.17, 15) is 13.2 Å². The largest absolute Gasteiger partial charge is 0.398 e. The van der Waals surface area contributed by atoms with Crippen LogP contribution in [0.3, 0.4) is 0 Å². The predicted octanol–water partition coefficient (Wildman–Crippen LogP) is 3.47. The number of nitrogens with two attached hydrogens (primary N) is 1. The number of hydrogen-bond acceptors (Lipinski definition) is 4. The zero-order valence-corrected chi connectivity index (χ0v) is 10.3. The second kappa shape index (κ2) is 5.08. The van der Waals surface area contributed by atoms with Crippen LogP contribution in [0.1, 0.15) is 12.2 Å². The highest BCUT2D eigenvalue weighted by Gasteiger charge is 2.27. The molecule has 0 saturated heterocycles. The van der Waals surface area contributed by atoms with E-state index in [-0.39, 0.29) is 18.1 Å². The zero-order valence-electron chi connectivity index (χ0n) is 9.54. The van der Waals surface area contributed by atoms with Gasteiger partial charge < -0.3 is 10.3 Å². The summed E-state index contributed by atoms with van der Waals surface area (Å²) >= 11 is 5.74. The molecule has 4 nitrogen and oxygen atoms in total. The monoisotopic (exact) mass is 291 g/mol. The van der Waals surface area contributed by atoms with Gasteiger partial charge in [0.1, 0.15) is 0 Å². The lowest BCUT2D eigenvalue weighted by atomic mass is 10.2. The van der Waals surface area contributed by atoms with Gasteiger partial charge in [0, 0.05) is 17.1 Å². The third kappa shape index (κ3) is 3.60. The quantitative estimate of drug-likeness (QED) is 0.880. The van der Waals surface area contributed by atoms with Gasteiger partial charge in [0.15, 0.2) is 5.82 Å². The lowest BCUT2D eigenvalue weighted by Crippen LogP contribution is -2.09. The van der Waals surface area contributed by atoms with Gasteiger partial charge in [-0.3, -0.25) is 0 Å². The van der Waals surface area contributed by atoms with E-state index in [0.29, 0.717) is 16.3 Å². The molecule has 0 atom stereocenters. The van der Waals surface area contributed by atoms with Crippen LogP contribution < -0.4 is 5.73 Å². The number of benzene rings is 1. The first kappa shape index (κ1) is 13.7. The van der Waals surface area contributed by atoms with Crippen LogP contribution in [0.5, 0.6) is 0 Å². The normalized spacial score (nSPS) is 11.8. The fraction of sp³-hybridized carbons (Fsp3) is 0.273. The van der Waals surface area contributed by atoms with Gasteiger partial charge in [-0.1, -0.05) is 16.8 Å². The van der Waals surface area contributed by atoms with E-state index >= 15 is 0 Å². The van der Waals surface area contributed by atoms with Crippen molar-refractivity contribution in [2.45, 2.75) is 19.0 Å². The molecular weight excluding hydrogens is 283 g/mol. The molecule has 0 unspecified atom stereocenters. The van der Waals surface area contributed by atoms with E-state index in [1.807, 2.05) is 0 Å². The van der Waals surface area contributed by atoms with Crippen molar-refractivity contribution in [2.75, 3.05) is 5.73 Å². The molecule has 2 rings (SSSR count). The maximum atomic E-state index is 12.1. The van der Waals surface area contributed by atoms with Gasteiger partial charge in [0.2, 0.25) is 0 Å². The molecule has 0 aliphatic rings. The Bertz CT molecular complexity index is 583. The minimum Gasteiger partial charge on any atom is -0.398 e. The van der Waals surface area contributed by atoms with Crippen molar-refractivity contribution in [1.29, 1.82) is 0 Å². The van der Waals surface area contributed by atoms with Gasteiger partial charge in [0.05, 0.1) is 12.0 Å². The van der Waals surface area contributed by atoms with Crippen molar-refractivity contribution in [3.05, 3.63) is 29.0 Å². The van der Waals surface area contributed by atoms with Crippen LogP contribution in [-0.4, -0.2) is 16.3 Å². The Morgan fingerprint density at radius 2 is 2.05 bits per heavy atom. The molecule has 0 radical (unpaired) electrons. The number of nitrogen functional groups attached to an aromatic ring is 1. The molecule has 2 N–H and O–H groups in total. The van der Waals surface area contributed by atoms with Crippen LogP contribution in [0.25, 0.3) is 11.5 Å². The molecule has 0 saturated carbocycles. The predicted molar refractivity (Wildman–Crippen MR) is 63.5 cm³/mol. The topological polar surface area (TPSA) is 64.9 Å². The summed E-state index contributed by atoms with van der Waals surface area (Å²) in [7, 11) is 0. The number of halogens is 4. The Morgan fingerprint density at radius 1 is 1.32 bits per heavy atom. The van der Waals surface area contributed by atoms with Crippen molar-refractivity contribution < 1.29 is 17.7 Å². The summed E-state index contributed by atoms with van der Waals surface area (Å²) in [4.78, 5) is 3.87. The van der Waals surface area contributed by atoms with Crippen LogP contribution in [0.4, 0.5) is 18.9 Å². The number of anilines is 1. The molecule has 102 valence electrons. The molecule has 1 aromatic carbocycles. The molecule has 0 amide bonds. The fourth-order valence-corrected chi connectivity index (χ4v) is 1.63. The molecule has 8 heteroatoms. The van der Waals surface area contributed by atoms with Gasteiger partial charge in [-0.05, 0) is 18.2 Å². The van der Waals surface area contributed by atoms with Crippen molar-refractivity contribution in [3.8, 4) is 11.5 Å². The van der Waals surface area contributed by atoms with Gasteiger partial charge >= 0.3 is 6.18 Å². The van der Waals surface area contributed by atoms with E-state index in [0.717, 1.165) is 0 Å². The van der Waals surface area contributed by atoms with E-state index in [1.165, 1.54) is 6.07 Å². The lowest BCUT2D eigenvalue weighted by molar-refractivity contribution is -0.134. The number of alkyl halides is 3.